The number of nitrogens with one attached hydrogen (secondary N) is 1. The highest BCUT2D eigenvalue weighted by Gasteiger charge is 2.57. The van der Waals surface area contributed by atoms with Gasteiger partial charge in [0, 0.05) is 6.04 Å². The van der Waals surface area contributed by atoms with Crippen molar-refractivity contribution in [2.45, 2.75) is 63.0 Å². The lowest BCUT2D eigenvalue weighted by Gasteiger charge is -2.61. The predicted molar refractivity (Wildman–Crippen MR) is 75.6 cm³/mol. The van der Waals surface area contributed by atoms with Crippen molar-refractivity contribution in [1.82, 2.24) is 5.32 Å². The third kappa shape index (κ3) is 1.89. The summed E-state index contributed by atoms with van der Waals surface area (Å²) in [6.07, 6.45) is 9.94. The van der Waals surface area contributed by atoms with Crippen LogP contribution < -0.4 is 11.1 Å². The van der Waals surface area contributed by atoms with Gasteiger partial charge in [-0.25, -0.2) is 0 Å². The van der Waals surface area contributed by atoms with Crippen LogP contribution in [-0.2, 0) is 0 Å². The number of nitrogens with two attached hydrogens (primary N) is 1. The number of hydrogen-bond acceptors (Lipinski definition) is 3. The van der Waals surface area contributed by atoms with Gasteiger partial charge in [0.05, 0.1) is 5.60 Å². The molecule has 1 heterocycles. The monoisotopic (exact) mass is 264 g/mol. The molecule has 4 bridgehead atoms. The molecule has 1 unspecified atom stereocenters. The topological polar surface area (TPSA) is 58.3 Å². The van der Waals surface area contributed by atoms with Gasteiger partial charge in [0.1, 0.15) is 0 Å². The Balaban J connectivity index is 1.60. The van der Waals surface area contributed by atoms with Crippen LogP contribution in [0.4, 0.5) is 0 Å². The van der Waals surface area contributed by atoms with E-state index in [1.807, 2.05) is 0 Å². The average Bonchev–Trinajstić information content (AvgIpc) is 2.37. The fourth-order valence-electron chi connectivity index (χ4n) is 6.30. The number of rotatable bonds is 2. The fraction of sp³-hybridized carbons (Fsp3) is 1.00. The van der Waals surface area contributed by atoms with Gasteiger partial charge < -0.3 is 16.2 Å². The molecular formula is C16H28N2O. The maximum Gasteiger partial charge on any atom is 0.0827 e. The minimum Gasteiger partial charge on any atom is -0.388 e. The van der Waals surface area contributed by atoms with Crippen LogP contribution >= 0.6 is 0 Å². The van der Waals surface area contributed by atoms with E-state index in [4.69, 9.17) is 5.73 Å². The van der Waals surface area contributed by atoms with Gasteiger partial charge in [0.15, 0.2) is 0 Å². The molecule has 4 N–H and O–H groups in total. The van der Waals surface area contributed by atoms with Crippen molar-refractivity contribution in [3.63, 3.8) is 0 Å². The van der Waals surface area contributed by atoms with Crippen LogP contribution in [-0.4, -0.2) is 29.8 Å². The summed E-state index contributed by atoms with van der Waals surface area (Å²) in [6.45, 7) is 1.85. The highest BCUT2D eigenvalue weighted by molar-refractivity contribution is 5.11. The zero-order valence-corrected chi connectivity index (χ0v) is 11.9. The zero-order valence-electron chi connectivity index (χ0n) is 11.9. The molecule has 3 nitrogen and oxygen atoms in total. The molecule has 5 aliphatic rings. The van der Waals surface area contributed by atoms with E-state index < -0.39 is 5.60 Å². The Bertz CT molecular complexity index is 326. The van der Waals surface area contributed by atoms with Crippen LogP contribution in [0.3, 0.4) is 0 Å². The smallest absolute Gasteiger partial charge is 0.0827 e. The minimum atomic E-state index is -0.600. The molecule has 0 aromatic heterocycles. The van der Waals surface area contributed by atoms with Crippen molar-refractivity contribution >= 4 is 0 Å². The van der Waals surface area contributed by atoms with Gasteiger partial charge in [0.25, 0.3) is 0 Å². The molecule has 5 rings (SSSR count). The summed E-state index contributed by atoms with van der Waals surface area (Å²) in [5.41, 5.74) is 6.38. The summed E-state index contributed by atoms with van der Waals surface area (Å²) in [4.78, 5) is 0. The van der Waals surface area contributed by atoms with E-state index in [0.717, 1.165) is 43.7 Å². The van der Waals surface area contributed by atoms with E-state index in [1.165, 1.54) is 38.5 Å². The van der Waals surface area contributed by atoms with Crippen LogP contribution in [0.1, 0.15) is 51.4 Å². The van der Waals surface area contributed by atoms with Crippen LogP contribution in [0.5, 0.6) is 0 Å². The molecule has 108 valence electrons. The summed E-state index contributed by atoms with van der Waals surface area (Å²) in [5.74, 6) is 2.76. The molecule has 4 aliphatic carbocycles. The first kappa shape index (κ1) is 12.6. The van der Waals surface area contributed by atoms with Gasteiger partial charge in [-0.15, -0.1) is 0 Å². The lowest BCUT2D eigenvalue weighted by molar-refractivity contribution is -0.128. The second-order valence-electron chi connectivity index (χ2n) is 8.11. The molecule has 5 fully saturated rings. The van der Waals surface area contributed by atoms with Gasteiger partial charge in [0.2, 0.25) is 0 Å². The van der Waals surface area contributed by atoms with Gasteiger partial charge >= 0.3 is 0 Å². The van der Waals surface area contributed by atoms with Crippen LogP contribution in [0.2, 0.25) is 0 Å². The van der Waals surface area contributed by atoms with E-state index in [1.54, 1.807) is 0 Å². The van der Waals surface area contributed by atoms with E-state index in [2.05, 4.69) is 5.32 Å². The maximum atomic E-state index is 11.0. The quantitative estimate of drug-likeness (QED) is 0.711. The first-order chi connectivity index (χ1) is 9.10. The third-order valence-corrected chi connectivity index (χ3v) is 6.79. The number of aliphatic hydroxyl groups is 1. The Hall–Kier alpha value is -0.120. The maximum absolute atomic E-state index is 11.0. The second kappa shape index (κ2) is 4.19. The van der Waals surface area contributed by atoms with Gasteiger partial charge in [-0.2, -0.15) is 0 Å². The minimum absolute atomic E-state index is 0.00972. The molecule has 0 amide bonds. The van der Waals surface area contributed by atoms with Crippen molar-refractivity contribution in [3.05, 3.63) is 0 Å². The summed E-state index contributed by atoms with van der Waals surface area (Å²) >= 11 is 0. The molecule has 0 spiro atoms. The number of hydrogen-bond donors (Lipinski definition) is 3. The predicted octanol–water partition coefficient (Wildman–Crippen LogP) is 1.64. The molecule has 0 radical (unpaired) electrons. The van der Waals surface area contributed by atoms with Crippen molar-refractivity contribution in [2.75, 3.05) is 13.1 Å². The molecule has 0 aromatic carbocycles. The van der Waals surface area contributed by atoms with Crippen LogP contribution in [0.15, 0.2) is 0 Å². The largest absolute Gasteiger partial charge is 0.388 e. The normalized spacial score (nSPS) is 49.3. The number of piperidine rings is 1. The molecular weight excluding hydrogens is 236 g/mol. The first-order valence-electron chi connectivity index (χ1n) is 8.28. The molecule has 4 saturated carbocycles. The van der Waals surface area contributed by atoms with Gasteiger partial charge in [-0.05, 0) is 87.6 Å². The lowest BCUT2D eigenvalue weighted by Crippen LogP contribution is -2.65. The van der Waals surface area contributed by atoms with Crippen LogP contribution in [0.25, 0.3) is 0 Å². The molecule has 19 heavy (non-hydrogen) atoms. The molecule has 0 aromatic rings. The van der Waals surface area contributed by atoms with E-state index in [9.17, 15) is 5.11 Å². The molecule has 3 heteroatoms. The van der Waals surface area contributed by atoms with E-state index in [-0.39, 0.29) is 11.5 Å². The molecule has 1 saturated heterocycles. The zero-order chi connectivity index (χ0) is 13.1. The Labute approximate surface area is 116 Å². The first-order valence-corrected chi connectivity index (χ1v) is 8.28. The van der Waals surface area contributed by atoms with Crippen molar-refractivity contribution in [2.24, 2.45) is 28.9 Å². The fourth-order valence-corrected chi connectivity index (χ4v) is 6.30. The van der Waals surface area contributed by atoms with Crippen molar-refractivity contribution in [1.29, 1.82) is 0 Å². The van der Waals surface area contributed by atoms with E-state index in [0.29, 0.717) is 0 Å². The van der Waals surface area contributed by atoms with Crippen molar-refractivity contribution in [3.8, 4) is 0 Å². The SMILES string of the molecule is NC(C1(O)CCNCC1)C12CC3CC(CC(C3)C1)C2. The Morgan fingerprint density at radius 2 is 1.42 bits per heavy atom. The Morgan fingerprint density at radius 1 is 0.947 bits per heavy atom. The third-order valence-electron chi connectivity index (χ3n) is 6.79. The molecule has 1 aliphatic heterocycles. The van der Waals surface area contributed by atoms with Crippen molar-refractivity contribution < 1.29 is 5.11 Å². The lowest BCUT2D eigenvalue weighted by atomic mass is 9.46. The standard InChI is InChI=1S/C16H28N2O/c17-14(16(19)1-3-18-4-2-16)15-8-11-5-12(9-15)7-13(6-11)10-15/h11-14,18-19H,1-10,17H2. The van der Waals surface area contributed by atoms with Gasteiger partial charge in [-0.3, -0.25) is 0 Å². The Morgan fingerprint density at radius 3 is 1.89 bits per heavy atom. The average molecular weight is 264 g/mol. The highest BCUT2D eigenvalue weighted by atomic mass is 16.3. The highest BCUT2D eigenvalue weighted by Crippen LogP contribution is 2.62. The second-order valence-corrected chi connectivity index (χ2v) is 8.11. The summed E-state index contributed by atoms with van der Waals surface area (Å²) < 4.78 is 0. The summed E-state index contributed by atoms with van der Waals surface area (Å²) in [6, 6.07) is 0.00972. The molecule has 1 atom stereocenters. The van der Waals surface area contributed by atoms with Crippen LogP contribution in [0, 0.1) is 23.2 Å². The summed E-state index contributed by atoms with van der Waals surface area (Å²) in [7, 11) is 0. The summed E-state index contributed by atoms with van der Waals surface area (Å²) in [5, 5.41) is 14.4. The van der Waals surface area contributed by atoms with Gasteiger partial charge in [-0.1, -0.05) is 0 Å². The van der Waals surface area contributed by atoms with E-state index >= 15 is 0 Å². The Kier molecular flexibility index (Phi) is 2.78.